The lowest BCUT2D eigenvalue weighted by molar-refractivity contribution is -0.0706. The zero-order valence-corrected chi connectivity index (χ0v) is 10.7. The Morgan fingerprint density at radius 1 is 1.00 bits per heavy atom. The van der Waals surface area contributed by atoms with E-state index in [-0.39, 0.29) is 5.60 Å². The summed E-state index contributed by atoms with van der Waals surface area (Å²) in [6.07, 6.45) is 8.49. The quantitative estimate of drug-likeness (QED) is 0.539. The third-order valence-electron chi connectivity index (χ3n) is 3.37. The molecule has 0 heterocycles. The van der Waals surface area contributed by atoms with Crippen molar-refractivity contribution < 1.29 is 9.47 Å². The SMILES string of the molecule is CCCOCCOC1(CN)CCCCCC1. The Hall–Kier alpha value is -0.120. The first-order valence-electron chi connectivity index (χ1n) is 6.75. The molecular weight excluding hydrogens is 202 g/mol. The van der Waals surface area contributed by atoms with Crippen molar-refractivity contribution in [2.75, 3.05) is 26.4 Å². The molecular formula is C13H27NO2. The Kier molecular flexibility index (Phi) is 7.01. The summed E-state index contributed by atoms with van der Waals surface area (Å²) in [5.41, 5.74) is 5.83. The third-order valence-corrected chi connectivity index (χ3v) is 3.37. The Morgan fingerprint density at radius 3 is 2.25 bits per heavy atom. The van der Waals surface area contributed by atoms with Gasteiger partial charge in [0, 0.05) is 13.2 Å². The maximum absolute atomic E-state index is 6.00. The molecule has 0 bridgehead atoms. The first-order chi connectivity index (χ1) is 7.83. The minimum absolute atomic E-state index is 0.0495. The van der Waals surface area contributed by atoms with Crippen molar-refractivity contribution >= 4 is 0 Å². The van der Waals surface area contributed by atoms with E-state index in [0.29, 0.717) is 19.8 Å². The van der Waals surface area contributed by atoms with Crippen molar-refractivity contribution in [1.82, 2.24) is 0 Å². The lowest BCUT2D eigenvalue weighted by Gasteiger charge is -2.31. The van der Waals surface area contributed by atoms with Gasteiger partial charge < -0.3 is 15.2 Å². The zero-order valence-electron chi connectivity index (χ0n) is 10.7. The van der Waals surface area contributed by atoms with Crippen LogP contribution in [0.4, 0.5) is 0 Å². The van der Waals surface area contributed by atoms with Crippen LogP contribution in [0.25, 0.3) is 0 Å². The Bertz CT molecular complexity index is 165. The van der Waals surface area contributed by atoms with Crippen LogP contribution >= 0.6 is 0 Å². The average Bonchev–Trinajstić information content (AvgIpc) is 2.55. The highest BCUT2D eigenvalue weighted by Crippen LogP contribution is 2.29. The van der Waals surface area contributed by atoms with Crippen LogP contribution in [0.2, 0.25) is 0 Å². The van der Waals surface area contributed by atoms with Gasteiger partial charge in [-0.2, -0.15) is 0 Å². The lowest BCUT2D eigenvalue weighted by Crippen LogP contribution is -2.41. The molecule has 16 heavy (non-hydrogen) atoms. The van der Waals surface area contributed by atoms with E-state index in [9.17, 15) is 0 Å². The molecule has 1 fully saturated rings. The van der Waals surface area contributed by atoms with E-state index in [1.165, 1.54) is 25.7 Å². The average molecular weight is 229 g/mol. The van der Waals surface area contributed by atoms with Gasteiger partial charge in [-0.05, 0) is 19.3 Å². The highest BCUT2D eigenvalue weighted by atomic mass is 16.5. The first kappa shape index (κ1) is 13.9. The molecule has 3 heteroatoms. The van der Waals surface area contributed by atoms with E-state index in [1.54, 1.807) is 0 Å². The molecule has 1 rings (SSSR count). The van der Waals surface area contributed by atoms with Crippen LogP contribution in [0.1, 0.15) is 51.9 Å². The molecule has 1 aliphatic rings. The van der Waals surface area contributed by atoms with Crippen LogP contribution in [0.15, 0.2) is 0 Å². The Labute approximate surface area is 99.7 Å². The molecule has 0 aromatic rings. The molecule has 0 aromatic heterocycles. The van der Waals surface area contributed by atoms with Crippen LogP contribution in [-0.4, -0.2) is 32.0 Å². The molecule has 3 nitrogen and oxygen atoms in total. The molecule has 0 spiro atoms. The fraction of sp³-hybridized carbons (Fsp3) is 1.00. The van der Waals surface area contributed by atoms with E-state index in [0.717, 1.165) is 25.9 Å². The van der Waals surface area contributed by atoms with E-state index in [2.05, 4.69) is 6.92 Å². The summed E-state index contributed by atoms with van der Waals surface area (Å²) in [5.74, 6) is 0. The van der Waals surface area contributed by atoms with Gasteiger partial charge in [0.05, 0.1) is 18.8 Å². The summed E-state index contributed by atoms with van der Waals surface area (Å²) < 4.78 is 11.4. The monoisotopic (exact) mass is 229 g/mol. The van der Waals surface area contributed by atoms with E-state index < -0.39 is 0 Å². The summed E-state index contributed by atoms with van der Waals surface area (Å²) in [4.78, 5) is 0. The normalized spacial score (nSPS) is 20.6. The van der Waals surface area contributed by atoms with Gasteiger partial charge in [0.1, 0.15) is 0 Å². The minimum Gasteiger partial charge on any atom is -0.379 e. The van der Waals surface area contributed by atoms with Crippen LogP contribution in [0, 0.1) is 0 Å². The van der Waals surface area contributed by atoms with Crippen LogP contribution in [0.3, 0.4) is 0 Å². The molecule has 96 valence electrons. The molecule has 2 N–H and O–H groups in total. The first-order valence-corrected chi connectivity index (χ1v) is 6.75. The Balaban J connectivity index is 2.22. The molecule has 0 radical (unpaired) electrons. The standard InChI is InChI=1S/C13H27NO2/c1-2-9-15-10-11-16-13(12-14)7-5-3-4-6-8-13/h2-12,14H2,1H3. The van der Waals surface area contributed by atoms with Gasteiger partial charge in [0.15, 0.2) is 0 Å². The van der Waals surface area contributed by atoms with Gasteiger partial charge in [0.2, 0.25) is 0 Å². The van der Waals surface area contributed by atoms with Crippen molar-refractivity contribution in [2.45, 2.75) is 57.5 Å². The summed E-state index contributed by atoms with van der Waals surface area (Å²) in [7, 11) is 0. The van der Waals surface area contributed by atoms with E-state index in [1.807, 2.05) is 0 Å². The van der Waals surface area contributed by atoms with Crippen molar-refractivity contribution in [3.63, 3.8) is 0 Å². The fourth-order valence-electron chi connectivity index (χ4n) is 2.34. The molecule has 0 aromatic carbocycles. The van der Waals surface area contributed by atoms with Crippen molar-refractivity contribution in [1.29, 1.82) is 0 Å². The number of hydrogen-bond acceptors (Lipinski definition) is 3. The number of ether oxygens (including phenoxy) is 2. The largest absolute Gasteiger partial charge is 0.379 e. The molecule has 0 amide bonds. The minimum atomic E-state index is -0.0495. The summed E-state index contributed by atoms with van der Waals surface area (Å²) in [5, 5.41) is 0. The van der Waals surface area contributed by atoms with Gasteiger partial charge in [-0.25, -0.2) is 0 Å². The molecule has 1 saturated carbocycles. The highest BCUT2D eigenvalue weighted by Gasteiger charge is 2.29. The second kappa shape index (κ2) is 8.04. The topological polar surface area (TPSA) is 44.5 Å². The highest BCUT2D eigenvalue weighted by molar-refractivity contribution is 4.84. The van der Waals surface area contributed by atoms with Gasteiger partial charge in [0.25, 0.3) is 0 Å². The maximum atomic E-state index is 6.00. The smallest absolute Gasteiger partial charge is 0.0805 e. The summed E-state index contributed by atoms with van der Waals surface area (Å²) in [6, 6.07) is 0. The van der Waals surface area contributed by atoms with Crippen molar-refractivity contribution in [3.05, 3.63) is 0 Å². The summed E-state index contributed by atoms with van der Waals surface area (Å²) >= 11 is 0. The number of hydrogen-bond donors (Lipinski definition) is 1. The maximum Gasteiger partial charge on any atom is 0.0805 e. The second-order valence-electron chi connectivity index (χ2n) is 4.76. The predicted molar refractivity (Wildman–Crippen MR) is 66.5 cm³/mol. The molecule has 0 saturated heterocycles. The summed E-state index contributed by atoms with van der Waals surface area (Å²) in [6.45, 7) is 5.00. The van der Waals surface area contributed by atoms with Gasteiger partial charge in [-0.1, -0.05) is 32.6 Å². The molecule has 1 aliphatic carbocycles. The third kappa shape index (κ3) is 4.81. The molecule has 0 aliphatic heterocycles. The predicted octanol–water partition coefficient (Wildman–Crippen LogP) is 2.48. The fourth-order valence-corrected chi connectivity index (χ4v) is 2.34. The molecule has 0 atom stereocenters. The zero-order chi connectivity index (χ0) is 11.7. The molecule has 0 unspecified atom stereocenters. The van der Waals surface area contributed by atoms with Crippen LogP contribution < -0.4 is 5.73 Å². The van der Waals surface area contributed by atoms with Crippen LogP contribution in [-0.2, 0) is 9.47 Å². The van der Waals surface area contributed by atoms with E-state index in [4.69, 9.17) is 15.2 Å². The van der Waals surface area contributed by atoms with Gasteiger partial charge in [-0.15, -0.1) is 0 Å². The van der Waals surface area contributed by atoms with Crippen LogP contribution in [0.5, 0.6) is 0 Å². The van der Waals surface area contributed by atoms with Crippen molar-refractivity contribution in [3.8, 4) is 0 Å². The number of nitrogens with two attached hydrogens (primary N) is 1. The van der Waals surface area contributed by atoms with E-state index >= 15 is 0 Å². The number of rotatable bonds is 7. The van der Waals surface area contributed by atoms with Gasteiger partial charge in [-0.3, -0.25) is 0 Å². The lowest BCUT2D eigenvalue weighted by atomic mass is 9.94. The van der Waals surface area contributed by atoms with Crippen molar-refractivity contribution in [2.24, 2.45) is 5.73 Å². The second-order valence-corrected chi connectivity index (χ2v) is 4.76. The Morgan fingerprint density at radius 2 is 1.69 bits per heavy atom. The van der Waals surface area contributed by atoms with Gasteiger partial charge >= 0.3 is 0 Å².